The van der Waals surface area contributed by atoms with E-state index in [0.29, 0.717) is 37.1 Å². The first-order chi connectivity index (χ1) is 14.1. The minimum absolute atomic E-state index is 0.138. The maximum absolute atomic E-state index is 12.6. The quantitative estimate of drug-likeness (QED) is 0.567. The fraction of sp³-hybridized carbons (Fsp3) is 0.263. The van der Waals surface area contributed by atoms with Crippen LogP contribution >= 0.6 is 0 Å². The molecule has 0 unspecified atom stereocenters. The van der Waals surface area contributed by atoms with E-state index in [1.165, 1.54) is 18.5 Å². The van der Waals surface area contributed by atoms with Crippen LogP contribution in [0.5, 0.6) is 11.5 Å². The molecular weight excluding hydrogens is 394 g/mol. The van der Waals surface area contributed by atoms with Crippen molar-refractivity contribution in [3.8, 4) is 17.3 Å². The zero-order valence-electron chi connectivity index (χ0n) is 15.6. The first-order valence-corrected chi connectivity index (χ1v) is 10.7. The second kappa shape index (κ2) is 8.50. The molecule has 10 heteroatoms. The van der Waals surface area contributed by atoms with Crippen LogP contribution in [0.4, 0.5) is 5.82 Å². The highest BCUT2D eigenvalue weighted by atomic mass is 32.2. The molecule has 3 heterocycles. The largest absolute Gasteiger partial charge is 0.490 e. The molecule has 2 N–H and O–H groups in total. The van der Waals surface area contributed by atoms with Gasteiger partial charge in [0.1, 0.15) is 18.0 Å². The van der Waals surface area contributed by atoms with Crippen LogP contribution in [0, 0.1) is 0 Å². The van der Waals surface area contributed by atoms with E-state index in [1.807, 2.05) is 29.1 Å². The normalized spacial score (nSPS) is 13.7. The first kappa shape index (κ1) is 19.2. The summed E-state index contributed by atoms with van der Waals surface area (Å²) < 4.78 is 40.7. The molecule has 29 heavy (non-hydrogen) atoms. The minimum atomic E-state index is -3.67. The standard InChI is InChI=1S/C19H21N5O4S/c25-29(26,15-4-5-16-17(12-15)28-11-3-10-27-16)23-7-6-20-18-13-19(22-14-21-18)24-8-1-2-9-24/h1-2,4-5,8-9,12-14,23H,3,6-7,10-11H2,(H,20,21,22). The number of ether oxygens (including phenoxy) is 2. The molecule has 1 aliphatic rings. The van der Waals surface area contributed by atoms with E-state index >= 15 is 0 Å². The Labute approximate surface area is 168 Å². The van der Waals surface area contributed by atoms with Crippen molar-refractivity contribution in [1.82, 2.24) is 19.3 Å². The monoisotopic (exact) mass is 415 g/mol. The lowest BCUT2D eigenvalue weighted by Gasteiger charge is -2.11. The molecule has 0 spiro atoms. The minimum Gasteiger partial charge on any atom is -0.490 e. The van der Waals surface area contributed by atoms with Gasteiger partial charge in [0.2, 0.25) is 10.0 Å². The molecule has 9 nitrogen and oxygen atoms in total. The molecule has 0 radical (unpaired) electrons. The van der Waals surface area contributed by atoms with E-state index in [-0.39, 0.29) is 11.4 Å². The fourth-order valence-corrected chi connectivity index (χ4v) is 3.89. The molecule has 0 atom stereocenters. The number of sulfonamides is 1. The molecule has 1 aromatic carbocycles. The number of benzene rings is 1. The Hall–Kier alpha value is -3.11. The predicted molar refractivity (Wildman–Crippen MR) is 107 cm³/mol. The van der Waals surface area contributed by atoms with Crippen molar-refractivity contribution in [2.24, 2.45) is 0 Å². The van der Waals surface area contributed by atoms with Gasteiger partial charge in [0.15, 0.2) is 11.5 Å². The Morgan fingerprint density at radius 2 is 1.79 bits per heavy atom. The maximum atomic E-state index is 12.6. The highest BCUT2D eigenvalue weighted by Gasteiger charge is 2.18. The second-order valence-corrected chi connectivity index (χ2v) is 8.10. The number of hydrogen-bond acceptors (Lipinski definition) is 7. The zero-order chi connectivity index (χ0) is 20.1. The van der Waals surface area contributed by atoms with Crippen LogP contribution in [0.3, 0.4) is 0 Å². The average Bonchev–Trinajstić information content (AvgIpc) is 3.17. The van der Waals surface area contributed by atoms with Crippen molar-refractivity contribution in [3.05, 3.63) is 55.1 Å². The summed E-state index contributed by atoms with van der Waals surface area (Å²) in [6, 6.07) is 10.2. The van der Waals surface area contributed by atoms with Gasteiger partial charge in [-0.3, -0.25) is 0 Å². The third-order valence-electron chi connectivity index (χ3n) is 4.27. The van der Waals surface area contributed by atoms with Gasteiger partial charge in [0.05, 0.1) is 18.1 Å². The number of nitrogens with one attached hydrogen (secondary N) is 2. The lowest BCUT2D eigenvalue weighted by molar-refractivity contribution is 0.297. The highest BCUT2D eigenvalue weighted by molar-refractivity contribution is 7.89. The molecule has 0 aliphatic carbocycles. The lowest BCUT2D eigenvalue weighted by atomic mass is 10.3. The summed E-state index contributed by atoms with van der Waals surface area (Å²) >= 11 is 0. The third kappa shape index (κ3) is 4.66. The summed E-state index contributed by atoms with van der Waals surface area (Å²) in [5.74, 6) is 2.34. The van der Waals surface area contributed by atoms with E-state index in [9.17, 15) is 8.42 Å². The summed E-state index contributed by atoms with van der Waals surface area (Å²) in [5.41, 5.74) is 0. The molecular formula is C19H21N5O4S. The van der Waals surface area contributed by atoms with E-state index in [1.54, 1.807) is 12.1 Å². The van der Waals surface area contributed by atoms with Crippen molar-refractivity contribution >= 4 is 15.8 Å². The van der Waals surface area contributed by atoms with Crippen molar-refractivity contribution in [3.63, 3.8) is 0 Å². The van der Waals surface area contributed by atoms with Gasteiger partial charge in [-0.2, -0.15) is 0 Å². The second-order valence-electron chi connectivity index (χ2n) is 6.34. The number of fused-ring (bicyclic) bond motifs is 1. The number of aromatic nitrogens is 3. The van der Waals surface area contributed by atoms with Crippen LogP contribution in [0.1, 0.15) is 6.42 Å². The molecule has 1 aliphatic heterocycles. The van der Waals surface area contributed by atoms with Crippen molar-refractivity contribution in [1.29, 1.82) is 0 Å². The maximum Gasteiger partial charge on any atom is 0.240 e. The van der Waals surface area contributed by atoms with Crippen LogP contribution in [0.15, 0.2) is 60.0 Å². The van der Waals surface area contributed by atoms with Crippen LogP contribution in [-0.4, -0.2) is 49.3 Å². The van der Waals surface area contributed by atoms with E-state index < -0.39 is 10.0 Å². The van der Waals surface area contributed by atoms with Crippen molar-refractivity contribution < 1.29 is 17.9 Å². The summed E-state index contributed by atoms with van der Waals surface area (Å²) in [6.07, 6.45) is 5.99. The Kier molecular flexibility index (Phi) is 5.63. The highest BCUT2D eigenvalue weighted by Crippen LogP contribution is 2.31. The molecule has 0 bridgehead atoms. The number of anilines is 1. The van der Waals surface area contributed by atoms with Gasteiger partial charge in [0, 0.05) is 44.0 Å². The van der Waals surface area contributed by atoms with E-state index in [0.717, 1.165) is 12.2 Å². The fourth-order valence-electron chi connectivity index (χ4n) is 2.84. The Balaban J connectivity index is 1.34. The van der Waals surface area contributed by atoms with Crippen LogP contribution in [0.25, 0.3) is 5.82 Å². The van der Waals surface area contributed by atoms with Gasteiger partial charge in [-0.05, 0) is 24.3 Å². The molecule has 3 aromatic rings. The SMILES string of the molecule is O=S(=O)(NCCNc1cc(-n2cccc2)ncn1)c1ccc2c(c1)OCCCO2. The summed E-state index contributed by atoms with van der Waals surface area (Å²) in [6.45, 7) is 1.61. The number of hydrogen-bond donors (Lipinski definition) is 2. The zero-order valence-corrected chi connectivity index (χ0v) is 16.4. The molecule has 2 aromatic heterocycles. The predicted octanol–water partition coefficient (Wildman–Crippen LogP) is 1.82. The topological polar surface area (TPSA) is 107 Å². The number of rotatable bonds is 7. The summed E-state index contributed by atoms with van der Waals surface area (Å²) in [4.78, 5) is 8.50. The first-order valence-electron chi connectivity index (χ1n) is 9.20. The molecule has 4 rings (SSSR count). The van der Waals surface area contributed by atoms with Gasteiger partial charge in [-0.15, -0.1) is 0 Å². The van der Waals surface area contributed by atoms with Gasteiger partial charge in [0.25, 0.3) is 0 Å². The van der Waals surface area contributed by atoms with Gasteiger partial charge >= 0.3 is 0 Å². The van der Waals surface area contributed by atoms with Gasteiger partial charge < -0.3 is 19.4 Å². The van der Waals surface area contributed by atoms with E-state index in [2.05, 4.69) is 20.0 Å². The number of nitrogens with zero attached hydrogens (tertiary/aromatic N) is 3. The molecule has 0 saturated heterocycles. The van der Waals surface area contributed by atoms with E-state index in [4.69, 9.17) is 9.47 Å². The molecule has 0 amide bonds. The van der Waals surface area contributed by atoms with Crippen LogP contribution < -0.4 is 19.5 Å². The van der Waals surface area contributed by atoms with Gasteiger partial charge in [-0.1, -0.05) is 0 Å². The van der Waals surface area contributed by atoms with Crippen LogP contribution in [-0.2, 0) is 10.0 Å². The molecule has 152 valence electrons. The molecule has 0 saturated carbocycles. The summed E-state index contributed by atoms with van der Waals surface area (Å²) in [5, 5.41) is 3.09. The van der Waals surface area contributed by atoms with Crippen molar-refractivity contribution in [2.45, 2.75) is 11.3 Å². The molecule has 0 fully saturated rings. The Morgan fingerprint density at radius 1 is 1.00 bits per heavy atom. The summed E-state index contributed by atoms with van der Waals surface area (Å²) in [7, 11) is -3.67. The van der Waals surface area contributed by atoms with Crippen LogP contribution in [0.2, 0.25) is 0 Å². The smallest absolute Gasteiger partial charge is 0.240 e. The van der Waals surface area contributed by atoms with Gasteiger partial charge in [-0.25, -0.2) is 23.1 Å². The van der Waals surface area contributed by atoms with Crippen molar-refractivity contribution in [2.75, 3.05) is 31.6 Å². The average molecular weight is 415 g/mol. The lowest BCUT2D eigenvalue weighted by Crippen LogP contribution is -2.29. The third-order valence-corrected chi connectivity index (χ3v) is 5.73. The Morgan fingerprint density at radius 3 is 2.62 bits per heavy atom. The Bertz CT molecular complexity index is 1070.